The van der Waals surface area contributed by atoms with Gasteiger partial charge >= 0.3 is 0 Å². The van der Waals surface area contributed by atoms with E-state index in [1.54, 1.807) is 24.3 Å². The Hall–Kier alpha value is -2.81. The molecule has 0 amide bonds. The fourth-order valence-corrected chi connectivity index (χ4v) is 2.92. The number of halogens is 1. The largest absolute Gasteiger partial charge is 0.494 e. The summed E-state index contributed by atoms with van der Waals surface area (Å²) in [5.74, 6) is 1.34. The standard InChI is InChI=1S/C23H22FO2/c1-3-21(17-10-13-19(14-11-17)25-4-2)18-12-15-22(24)23(16-18)26-20-8-6-5-7-9-20/h5-16,21H,1,3-4H2,2H3. The molecule has 0 spiro atoms. The van der Waals surface area contributed by atoms with E-state index in [4.69, 9.17) is 9.47 Å². The Kier molecular flexibility index (Phi) is 5.90. The monoisotopic (exact) mass is 349 g/mol. The second kappa shape index (κ2) is 8.52. The van der Waals surface area contributed by atoms with Crippen molar-refractivity contribution in [1.29, 1.82) is 0 Å². The quantitative estimate of drug-likeness (QED) is 0.493. The smallest absolute Gasteiger partial charge is 0.165 e. The van der Waals surface area contributed by atoms with E-state index in [1.165, 1.54) is 6.07 Å². The maximum Gasteiger partial charge on any atom is 0.165 e. The van der Waals surface area contributed by atoms with Gasteiger partial charge in [0, 0.05) is 5.92 Å². The Labute approximate surface area is 154 Å². The molecule has 0 aliphatic heterocycles. The van der Waals surface area contributed by atoms with Crippen LogP contribution in [0.2, 0.25) is 0 Å². The van der Waals surface area contributed by atoms with Gasteiger partial charge in [0.25, 0.3) is 0 Å². The van der Waals surface area contributed by atoms with Gasteiger partial charge in [0.15, 0.2) is 11.6 Å². The van der Waals surface area contributed by atoms with E-state index < -0.39 is 0 Å². The van der Waals surface area contributed by atoms with Crippen LogP contribution in [0.4, 0.5) is 4.39 Å². The highest BCUT2D eigenvalue weighted by molar-refractivity contribution is 5.41. The number of ether oxygens (including phenoxy) is 2. The minimum atomic E-state index is -0.382. The summed E-state index contributed by atoms with van der Waals surface area (Å²) in [6.45, 7) is 6.66. The number of rotatable bonds is 7. The summed E-state index contributed by atoms with van der Waals surface area (Å²) in [4.78, 5) is 0. The number of benzene rings is 3. The van der Waals surface area contributed by atoms with Gasteiger partial charge in [-0.3, -0.25) is 0 Å². The molecule has 3 heteroatoms. The molecular formula is C23H22FO2. The lowest BCUT2D eigenvalue weighted by atomic mass is 9.89. The lowest BCUT2D eigenvalue weighted by molar-refractivity contribution is 0.340. The molecule has 0 aliphatic rings. The Morgan fingerprint density at radius 3 is 2.23 bits per heavy atom. The van der Waals surface area contributed by atoms with Crippen LogP contribution in [0, 0.1) is 12.7 Å². The van der Waals surface area contributed by atoms with Gasteiger partial charge < -0.3 is 9.47 Å². The number of hydrogen-bond donors (Lipinski definition) is 0. The van der Waals surface area contributed by atoms with E-state index in [0.717, 1.165) is 16.9 Å². The van der Waals surface area contributed by atoms with Crippen LogP contribution in [0.3, 0.4) is 0 Å². The summed E-state index contributed by atoms with van der Waals surface area (Å²) < 4.78 is 25.4. The predicted octanol–water partition coefficient (Wildman–Crippen LogP) is 6.37. The van der Waals surface area contributed by atoms with E-state index >= 15 is 0 Å². The van der Waals surface area contributed by atoms with Crippen LogP contribution in [-0.4, -0.2) is 6.61 Å². The van der Waals surface area contributed by atoms with Crippen molar-refractivity contribution in [1.82, 2.24) is 0 Å². The molecule has 0 N–H and O–H groups in total. The van der Waals surface area contributed by atoms with Gasteiger partial charge in [0.1, 0.15) is 11.5 Å². The lowest BCUT2D eigenvalue weighted by Gasteiger charge is -2.18. The van der Waals surface area contributed by atoms with Crippen molar-refractivity contribution >= 4 is 0 Å². The summed E-state index contributed by atoms with van der Waals surface area (Å²) in [7, 11) is 0. The van der Waals surface area contributed by atoms with Crippen LogP contribution in [-0.2, 0) is 0 Å². The number of para-hydroxylation sites is 1. The van der Waals surface area contributed by atoms with Gasteiger partial charge in [-0.2, -0.15) is 0 Å². The van der Waals surface area contributed by atoms with Crippen molar-refractivity contribution in [3.63, 3.8) is 0 Å². The molecule has 1 radical (unpaired) electrons. The zero-order valence-corrected chi connectivity index (χ0v) is 14.8. The van der Waals surface area contributed by atoms with E-state index in [2.05, 4.69) is 6.92 Å². The number of hydrogen-bond acceptors (Lipinski definition) is 2. The Balaban J connectivity index is 1.87. The lowest BCUT2D eigenvalue weighted by Crippen LogP contribution is -2.01. The van der Waals surface area contributed by atoms with Crippen LogP contribution in [0.25, 0.3) is 0 Å². The average Bonchev–Trinajstić information content (AvgIpc) is 2.67. The molecule has 1 atom stereocenters. The minimum absolute atomic E-state index is 0.0596. The van der Waals surface area contributed by atoms with Crippen molar-refractivity contribution in [2.45, 2.75) is 19.3 Å². The molecule has 0 saturated heterocycles. The van der Waals surface area contributed by atoms with Crippen LogP contribution < -0.4 is 9.47 Å². The zero-order chi connectivity index (χ0) is 18.4. The fraction of sp³-hybridized carbons (Fsp3) is 0.174. The van der Waals surface area contributed by atoms with Crippen LogP contribution in [0.5, 0.6) is 17.2 Å². The molecular weight excluding hydrogens is 327 g/mol. The molecule has 1 unspecified atom stereocenters. The summed E-state index contributed by atoms with van der Waals surface area (Å²) in [6, 6.07) is 22.2. The van der Waals surface area contributed by atoms with Crippen LogP contribution in [0.1, 0.15) is 30.4 Å². The molecule has 0 bridgehead atoms. The Bertz CT molecular complexity index is 829. The molecule has 3 aromatic carbocycles. The summed E-state index contributed by atoms with van der Waals surface area (Å²) in [6.07, 6.45) is 0.657. The van der Waals surface area contributed by atoms with Gasteiger partial charge in [-0.25, -0.2) is 4.39 Å². The van der Waals surface area contributed by atoms with E-state index in [1.807, 2.05) is 49.4 Å². The second-order valence-corrected chi connectivity index (χ2v) is 5.95. The molecule has 0 aliphatic carbocycles. The molecule has 133 valence electrons. The van der Waals surface area contributed by atoms with Crippen LogP contribution >= 0.6 is 0 Å². The fourth-order valence-electron chi connectivity index (χ4n) is 2.92. The molecule has 3 rings (SSSR count). The molecule has 0 fully saturated rings. The highest BCUT2D eigenvalue weighted by atomic mass is 19.1. The van der Waals surface area contributed by atoms with Crippen molar-refractivity contribution in [3.8, 4) is 17.2 Å². The van der Waals surface area contributed by atoms with Gasteiger partial charge in [-0.15, -0.1) is 0 Å². The summed E-state index contributed by atoms with van der Waals surface area (Å²) in [5, 5.41) is 0. The molecule has 2 nitrogen and oxygen atoms in total. The first-order valence-corrected chi connectivity index (χ1v) is 8.75. The second-order valence-electron chi connectivity index (χ2n) is 5.95. The van der Waals surface area contributed by atoms with Crippen molar-refractivity contribution in [3.05, 3.63) is 96.7 Å². The summed E-state index contributed by atoms with van der Waals surface area (Å²) in [5.41, 5.74) is 2.08. The molecule has 3 aromatic rings. The average molecular weight is 349 g/mol. The highest BCUT2D eigenvalue weighted by Crippen LogP contribution is 2.33. The Morgan fingerprint density at radius 2 is 1.58 bits per heavy atom. The normalized spacial score (nSPS) is 11.8. The third-order valence-corrected chi connectivity index (χ3v) is 4.21. The first-order chi connectivity index (χ1) is 12.7. The molecule has 0 aromatic heterocycles. The molecule has 0 heterocycles. The molecule has 26 heavy (non-hydrogen) atoms. The van der Waals surface area contributed by atoms with Gasteiger partial charge in [0.05, 0.1) is 6.61 Å². The maximum absolute atomic E-state index is 14.2. The highest BCUT2D eigenvalue weighted by Gasteiger charge is 2.15. The minimum Gasteiger partial charge on any atom is -0.494 e. The Morgan fingerprint density at radius 1 is 0.885 bits per heavy atom. The van der Waals surface area contributed by atoms with Gasteiger partial charge in [0.2, 0.25) is 0 Å². The topological polar surface area (TPSA) is 18.5 Å². The van der Waals surface area contributed by atoms with Gasteiger partial charge in [-0.05, 0) is 60.9 Å². The van der Waals surface area contributed by atoms with Gasteiger partial charge in [-0.1, -0.05) is 43.3 Å². The third-order valence-electron chi connectivity index (χ3n) is 4.21. The van der Waals surface area contributed by atoms with E-state index in [9.17, 15) is 4.39 Å². The third kappa shape index (κ3) is 4.23. The van der Waals surface area contributed by atoms with Crippen molar-refractivity contribution < 1.29 is 13.9 Å². The zero-order valence-electron chi connectivity index (χ0n) is 14.8. The predicted molar refractivity (Wildman–Crippen MR) is 102 cm³/mol. The van der Waals surface area contributed by atoms with Crippen LogP contribution in [0.15, 0.2) is 72.8 Å². The van der Waals surface area contributed by atoms with E-state index in [-0.39, 0.29) is 17.5 Å². The SMILES string of the molecule is [CH2]CC(c1ccc(OCC)cc1)c1ccc(F)c(Oc2ccccc2)c1. The molecule has 0 saturated carbocycles. The van der Waals surface area contributed by atoms with Crippen molar-refractivity contribution in [2.75, 3.05) is 6.61 Å². The maximum atomic E-state index is 14.2. The summed E-state index contributed by atoms with van der Waals surface area (Å²) >= 11 is 0. The van der Waals surface area contributed by atoms with Crippen molar-refractivity contribution in [2.24, 2.45) is 0 Å². The van der Waals surface area contributed by atoms with E-state index in [0.29, 0.717) is 18.8 Å². The first-order valence-electron chi connectivity index (χ1n) is 8.75. The first kappa shape index (κ1) is 18.0.